The van der Waals surface area contributed by atoms with Crippen LogP contribution in [-0.4, -0.2) is 37.6 Å². The highest BCUT2D eigenvalue weighted by atomic mass is 16.5. The molecule has 0 radical (unpaired) electrons. The van der Waals surface area contributed by atoms with Crippen LogP contribution in [0.3, 0.4) is 0 Å². The molecule has 1 aromatic rings. The van der Waals surface area contributed by atoms with Gasteiger partial charge in [-0.1, -0.05) is 26.2 Å². The minimum atomic E-state index is -0.419. The molecule has 6 nitrogen and oxygen atoms in total. The molecular formula is C18H28N2O4. The Hall–Kier alpha value is -2.08. The number of rotatable bonds is 11. The summed E-state index contributed by atoms with van der Waals surface area (Å²) >= 11 is 0. The summed E-state index contributed by atoms with van der Waals surface area (Å²) in [5, 5.41) is 13.7. The Morgan fingerprint density at radius 1 is 1.25 bits per heavy atom. The predicted molar refractivity (Wildman–Crippen MR) is 94.7 cm³/mol. The Bertz CT molecular complexity index is 532. The van der Waals surface area contributed by atoms with Crippen molar-refractivity contribution in [2.24, 2.45) is 5.10 Å². The Morgan fingerprint density at radius 3 is 2.67 bits per heavy atom. The van der Waals surface area contributed by atoms with Crippen LogP contribution in [-0.2, 0) is 4.79 Å². The van der Waals surface area contributed by atoms with Crippen LogP contribution >= 0.6 is 0 Å². The molecule has 1 unspecified atom stereocenters. The lowest BCUT2D eigenvalue weighted by molar-refractivity contribution is -0.121. The number of ether oxygens (including phenoxy) is 2. The molecule has 0 spiro atoms. The van der Waals surface area contributed by atoms with Gasteiger partial charge in [0, 0.05) is 6.42 Å². The second kappa shape index (κ2) is 11.5. The van der Waals surface area contributed by atoms with Gasteiger partial charge in [-0.3, -0.25) is 4.79 Å². The molecule has 1 rings (SSSR count). The van der Waals surface area contributed by atoms with Crippen LogP contribution in [0.5, 0.6) is 11.5 Å². The average Bonchev–Trinajstić information content (AvgIpc) is 2.60. The monoisotopic (exact) mass is 336 g/mol. The number of aliphatic hydroxyl groups is 1. The van der Waals surface area contributed by atoms with E-state index < -0.39 is 6.10 Å². The van der Waals surface area contributed by atoms with E-state index >= 15 is 0 Å². The Labute approximate surface area is 143 Å². The number of unbranched alkanes of at least 4 members (excludes halogenated alkanes) is 2. The van der Waals surface area contributed by atoms with Crippen molar-refractivity contribution in [2.75, 3.05) is 14.2 Å². The number of hydrogen-bond acceptors (Lipinski definition) is 5. The van der Waals surface area contributed by atoms with E-state index in [1.54, 1.807) is 26.4 Å². The molecule has 0 aliphatic heterocycles. The Morgan fingerprint density at radius 2 is 2.00 bits per heavy atom. The zero-order valence-electron chi connectivity index (χ0n) is 14.7. The molecule has 1 atom stereocenters. The number of hydrazone groups is 1. The first-order valence-electron chi connectivity index (χ1n) is 8.32. The van der Waals surface area contributed by atoms with Crippen molar-refractivity contribution in [1.29, 1.82) is 0 Å². The molecule has 134 valence electrons. The number of methoxy groups -OCH3 is 2. The molecule has 0 aliphatic carbocycles. The number of hydrogen-bond donors (Lipinski definition) is 2. The van der Waals surface area contributed by atoms with Crippen molar-refractivity contribution in [3.05, 3.63) is 23.8 Å². The molecular weight excluding hydrogens is 308 g/mol. The van der Waals surface area contributed by atoms with E-state index in [-0.39, 0.29) is 12.3 Å². The van der Waals surface area contributed by atoms with Crippen LogP contribution in [0, 0.1) is 0 Å². The number of amides is 1. The topological polar surface area (TPSA) is 80.2 Å². The fourth-order valence-corrected chi connectivity index (χ4v) is 2.24. The van der Waals surface area contributed by atoms with Crippen molar-refractivity contribution >= 4 is 12.1 Å². The van der Waals surface area contributed by atoms with Crippen molar-refractivity contribution < 1.29 is 19.4 Å². The standard InChI is InChI=1S/C18H28N2O4/c1-4-5-6-7-15(21)9-11-18(22)20-19-13-14-8-10-16(23-2)17(12-14)24-3/h8,10,12-13,15,21H,4-7,9,11H2,1-3H3,(H,20,22)/b19-13+. The number of aliphatic hydroxyl groups excluding tert-OH is 1. The van der Waals surface area contributed by atoms with E-state index in [0.717, 1.165) is 31.2 Å². The highest BCUT2D eigenvalue weighted by molar-refractivity contribution is 5.83. The molecule has 24 heavy (non-hydrogen) atoms. The summed E-state index contributed by atoms with van der Waals surface area (Å²) in [6, 6.07) is 5.36. The third-order valence-corrected chi connectivity index (χ3v) is 3.66. The zero-order chi connectivity index (χ0) is 17.8. The lowest BCUT2D eigenvalue weighted by atomic mass is 10.1. The smallest absolute Gasteiger partial charge is 0.240 e. The lowest BCUT2D eigenvalue weighted by Gasteiger charge is -2.09. The molecule has 0 aromatic heterocycles. The summed E-state index contributed by atoms with van der Waals surface area (Å²) < 4.78 is 10.4. The summed E-state index contributed by atoms with van der Waals surface area (Å²) in [5.74, 6) is 1.03. The van der Waals surface area contributed by atoms with Gasteiger partial charge in [0.2, 0.25) is 5.91 Å². The van der Waals surface area contributed by atoms with Gasteiger partial charge >= 0.3 is 0 Å². The van der Waals surface area contributed by atoms with Crippen LogP contribution in [0.25, 0.3) is 0 Å². The summed E-state index contributed by atoms with van der Waals surface area (Å²) in [7, 11) is 3.13. The van der Waals surface area contributed by atoms with E-state index in [2.05, 4.69) is 17.5 Å². The maximum atomic E-state index is 11.7. The number of nitrogens with zero attached hydrogens (tertiary/aromatic N) is 1. The van der Waals surface area contributed by atoms with Crippen molar-refractivity contribution in [1.82, 2.24) is 5.43 Å². The van der Waals surface area contributed by atoms with Gasteiger partial charge in [0.25, 0.3) is 0 Å². The fourth-order valence-electron chi connectivity index (χ4n) is 2.24. The molecule has 0 saturated heterocycles. The van der Waals surface area contributed by atoms with Gasteiger partial charge < -0.3 is 14.6 Å². The normalized spacial score (nSPS) is 12.2. The first-order chi connectivity index (χ1) is 11.6. The highest BCUT2D eigenvalue weighted by Gasteiger charge is 2.07. The first-order valence-corrected chi connectivity index (χ1v) is 8.32. The van der Waals surface area contributed by atoms with Gasteiger partial charge in [-0.25, -0.2) is 5.43 Å². The van der Waals surface area contributed by atoms with Gasteiger partial charge in [0.05, 0.1) is 26.5 Å². The number of carbonyl (C=O) groups excluding carboxylic acids is 1. The van der Waals surface area contributed by atoms with Gasteiger partial charge in [-0.15, -0.1) is 0 Å². The van der Waals surface area contributed by atoms with Crippen molar-refractivity contribution in [3.8, 4) is 11.5 Å². The van der Waals surface area contributed by atoms with Crippen LogP contribution in [0.15, 0.2) is 23.3 Å². The van der Waals surface area contributed by atoms with Crippen LogP contribution < -0.4 is 14.9 Å². The van der Waals surface area contributed by atoms with Crippen LogP contribution in [0.4, 0.5) is 0 Å². The molecule has 0 heterocycles. The van der Waals surface area contributed by atoms with E-state index in [0.29, 0.717) is 17.9 Å². The molecule has 0 saturated carbocycles. The molecule has 0 aliphatic rings. The van der Waals surface area contributed by atoms with Gasteiger partial charge in [0.15, 0.2) is 11.5 Å². The maximum absolute atomic E-state index is 11.7. The number of nitrogens with one attached hydrogen (secondary N) is 1. The SMILES string of the molecule is CCCCCC(O)CCC(=O)N/N=C/c1ccc(OC)c(OC)c1. The predicted octanol–water partition coefficient (Wildman–Crippen LogP) is 2.88. The molecule has 0 fully saturated rings. The van der Waals surface area contributed by atoms with E-state index in [1.807, 2.05) is 6.07 Å². The van der Waals surface area contributed by atoms with E-state index in [9.17, 15) is 9.90 Å². The van der Waals surface area contributed by atoms with Gasteiger partial charge in [-0.05, 0) is 36.6 Å². The molecule has 1 aromatic carbocycles. The Kier molecular flexibility index (Phi) is 9.53. The molecule has 2 N–H and O–H groups in total. The minimum Gasteiger partial charge on any atom is -0.493 e. The van der Waals surface area contributed by atoms with Gasteiger partial charge in [0.1, 0.15) is 0 Å². The minimum absolute atomic E-state index is 0.207. The first kappa shape index (κ1) is 20.0. The van der Waals surface area contributed by atoms with Gasteiger partial charge in [-0.2, -0.15) is 5.10 Å². The third kappa shape index (κ3) is 7.46. The summed E-state index contributed by atoms with van der Waals surface area (Å²) in [4.78, 5) is 11.7. The van der Waals surface area contributed by atoms with Crippen LogP contribution in [0.2, 0.25) is 0 Å². The van der Waals surface area contributed by atoms with E-state index in [4.69, 9.17) is 9.47 Å². The van der Waals surface area contributed by atoms with Crippen molar-refractivity contribution in [3.63, 3.8) is 0 Å². The lowest BCUT2D eigenvalue weighted by Crippen LogP contribution is -2.19. The fraction of sp³-hybridized carbons (Fsp3) is 0.556. The highest BCUT2D eigenvalue weighted by Crippen LogP contribution is 2.26. The average molecular weight is 336 g/mol. The van der Waals surface area contributed by atoms with Crippen LogP contribution in [0.1, 0.15) is 51.0 Å². The van der Waals surface area contributed by atoms with Crippen molar-refractivity contribution in [2.45, 2.75) is 51.6 Å². The number of benzene rings is 1. The largest absolute Gasteiger partial charge is 0.493 e. The second-order valence-corrected chi connectivity index (χ2v) is 5.60. The summed E-state index contributed by atoms with van der Waals surface area (Å²) in [6.45, 7) is 2.12. The zero-order valence-corrected chi connectivity index (χ0v) is 14.7. The van der Waals surface area contributed by atoms with E-state index in [1.165, 1.54) is 6.21 Å². The summed E-state index contributed by atoms with van der Waals surface area (Å²) in [6.07, 6.45) is 5.82. The summed E-state index contributed by atoms with van der Waals surface area (Å²) in [5.41, 5.74) is 3.25. The molecule has 6 heteroatoms. The third-order valence-electron chi connectivity index (χ3n) is 3.66. The molecule has 0 bridgehead atoms. The Balaban J connectivity index is 2.37. The number of carbonyl (C=O) groups is 1. The molecule has 1 amide bonds. The second-order valence-electron chi connectivity index (χ2n) is 5.60. The maximum Gasteiger partial charge on any atom is 0.240 e. The quantitative estimate of drug-likeness (QED) is 0.370.